The number of hydrogen-bond acceptors (Lipinski definition) is 5. The number of rotatable bonds is 7. The van der Waals surface area contributed by atoms with Crippen molar-refractivity contribution in [2.24, 2.45) is 0 Å². The highest BCUT2D eigenvalue weighted by Gasteiger charge is 2.43. The summed E-state index contributed by atoms with van der Waals surface area (Å²) in [4.78, 5) is 13.5. The third-order valence-corrected chi connectivity index (χ3v) is 6.20. The quantitative estimate of drug-likeness (QED) is 0.375. The Labute approximate surface area is 196 Å². The van der Waals surface area contributed by atoms with Gasteiger partial charge in [0.15, 0.2) is 0 Å². The molecule has 3 rings (SSSR count). The maximum absolute atomic E-state index is 13.5. The number of phenols is 2. The van der Waals surface area contributed by atoms with Crippen molar-refractivity contribution >= 4 is 5.78 Å². The largest absolute Gasteiger partial charge is 0.507 e. The number of ether oxygens (including phenoxy) is 1. The van der Waals surface area contributed by atoms with E-state index in [1.54, 1.807) is 31.2 Å². The van der Waals surface area contributed by atoms with E-state index in [9.17, 15) is 20.1 Å². The highest BCUT2D eigenvalue weighted by molar-refractivity contribution is 6.13. The molecule has 1 heterocycles. The summed E-state index contributed by atoms with van der Waals surface area (Å²) in [6.07, 6.45) is 4.69. The first kappa shape index (κ1) is 24.6. The van der Waals surface area contributed by atoms with E-state index in [1.165, 1.54) is 5.57 Å². The Kier molecular flexibility index (Phi) is 7.33. The summed E-state index contributed by atoms with van der Waals surface area (Å²) in [6, 6.07) is 8.70. The fraction of sp³-hybridized carbons (Fsp3) is 0.393. The first-order chi connectivity index (χ1) is 15.5. The van der Waals surface area contributed by atoms with Crippen LogP contribution in [0.2, 0.25) is 0 Å². The molecule has 0 saturated heterocycles. The number of carbonyl (C=O) groups excluding carboxylic acids is 1. The summed E-state index contributed by atoms with van der Waals surface area (Å²) in [7, 11) is 0. The van der Waals surface area contributed by atoms with Crippen LogP contribution < -0.4 is 4.74 Å². The number of allylic oxidation sites excluding steroid dienone is 4. The molecule has 1 aliphatic rings. The molecule has 0 fully saturated rings. The first-order valence-electron chi connectivity index (χ1n) is 11.4. The van der Waals surface area contributed by atoms with Crippen molar-refractivity contribution in [1.29, 1.82) is 0 Å². The Balaban J connectivity index is 2.18. The van der Waals surface area contributed by atoms with Crippen molar-refractivity contribution in [3.8, 4) is 17.2 Å². The topological polar surface area (TPSA) is 87.0 Å². The summed E-state index contributed by atoms with van der Waals surface area (Å²) < 4.78 is 6.29. The van der Waals surface area contributed by atoms with Gasteiger partial charge in [0.05, 0.1) is 6.10 Å². The fourth-order valence-electron chi connectivity index (χ4n) is 4.13. The van der Waals surface area contributed by atoms with Gasteiger partial charge in [0.25, 0.3) is 0 Å². The number of aromatic hydroxyl groups is 2. The second kappa shape index (κ2) is 9.84. The normalized spacial score (nSPS) is 19.3. The molecule has 0 saturated carbocycles. The summed E-state index contributed by atoms with van der Waals surface area (Å²) in [5.74, 6) is -0.633. The lowest BCUT2D eigenvalue weighted by Gasteiger charge is -2.41. The lowest BCUT2D eigenvalue weighted by Crippen LogP contribution is -2.49. The highest BCUT2D eigenvalue weighted by Crippen LogP contribution is 2.49. The number of carbonyl (C=O) groups is 1. The van der Waals surface area contributed by atoms with Crippen LogP contribution in [0.15, 0.2) is 53.6 Å². The van der Waals surface area contributed by atoms with Gasteiger partial charge in [-0.15, -0.1) is 0 Å². The summed E-state index contributed by atoms with van der Waals surface area (Å²) in [5.41, 5.74) is 2.29. The number of fused-ring (bicyclic) bond motifs is 1. The third kappa shape index (κ3) is 5.14. The van der Waals surface area contributed by atoms with Crippen LogP contribution in [0.1, 0.15) is 74.5 Å². The molecule has 33 heavy (non-hydrogen) atoms. The van der Waals surface area contributed by atoms with E-state index in [2.05, 4.69) is 6.08 Å². The van der Waals surface area contributed by atoms with Crippen LogP contribution in [0.4, 0.5) is 0 Å². The average molecular weight is 451 g/mol. The Morgan fingerprint density at radius 2 is 1.70 bits per heavy atom. The molecule has 2 aromatic carbocycles. The molecule has 5 nitrogen and oxygen atoms in total. The van der Waals surface area contributed by atoms with Crippen LogP contribution in [0.3, 0.4) is 0 Å². The molecule has 2 unspecified atom stereocenters. The van der Waals surface area contributed by atoms with E-state index >= 15 is 0 Å². The molecule has 0 spiro atoms. The second-order valence-electron chi connectivity index (χ2n) is 9.49. The van der Waals surface area contributed by atoms with Crippen molar-refractivity contribution in [3.05, 3.63) is 75.9 Å². The van der Waals surface area contributed by atoms with Gasteiger partial charge in [-0.3, -0.25) is 4.79 Å². The highest BCUT2D eigenvalue weighted by atomic mass is 16.5. The third-order valence-electron chi connectivity index (χ3n) is 6.20. The number of ketones is 1. The molecule has 0 amide bonds. The van der Waals surface area contributed by atoms with Crippen LogP contribution in [0.5, 0.6) is 17.2 Å². The number of aliphatic hydroxyl groups is 1. The second-order valence-corrected chi connectivity index (χ2v) is 9.49. The number of benzene rings is 2. The number of aliphatic hydroxyl groups excluding tert-OH is 1. The van der Waals surface area contributed by atoms with E-state index in [0.717, 1.165) is 5.57 Å². The van der Waals surface area contributed by atoms with Gasteiger partial charge in [-0.2, -0.15) is 0 Å². The smallest absolute Gasteiger partial charge is 0.200 e. The summed E-state index contributed by atoms with van der Waals surface area (Å²) in [5, 5.41) is 33.2. The van der Waals surface area contributed by atoms with Gasteiger partial charge in [0, 0.05) is 23.1 Å². The standard InChI is InChI=1S/C28H34O5/c1-17(2)10-9-15-28(5)22(29)16-21-25(31)20(14-13-18(3)4)26(32)23(27(21)33-28)24(30)19-11-7-6-8-12-19/h6-8,10-13,22,29,31-32H,9,14-16H2,1-5H3. The molecule has 3 N–H and O–H groups in total. The minimum Gasteiger partial charge on any atom is -0.507 e. The molecular weight excluding hydrogens is 416 g/mol. The van der Waals surface area contributed by atoms with E-state index in [-0.39, 0.29) is 47.0 Å². The van der Waals surface area contributed by atoms with Crippen LogP contribution in [-0.2, 0) is 12.8 Å². The average Bonchev–Trinajstić information content (AvgIpc) is 2.75. The van der Waals surface area contributed by atoms with Gasteiger partial charge in [0.2, 0.25) is 5.78 Å². The molecule has 5 heteroatoms. The van der Waals surface area contributed by atoms with Crippen LogP contribution in [0, 0.1) is 0 Å². The summed E-state index contributed by atoms with van der Waals surface area (Å²) >= 11 is 0. The van der Waals surface area contributed by atoms with Gasteiger partial charge >= 0.3 is 0 Å². The van der Waals surface area contributed by atoms with E-state index in [0.29, 0.717) is 24.0 Å². The molecule has 2 aromatic rings. The molecular formula is C28H34O5. The fourth-order valence-corrected chi connectivity index (χ4v) is 4.13. The Morgan fingerprint density at radius 3 is 2.30 bits per heavy atom. The summed E-state index contributed by atoms with van der Waals surface area (Å²) in [6.45, 7) is 9.68. The number of phenolic OH excluding ortho intramolecular Hbond substituents is 2. The molecule has 0 aliphatic carbocycles. The van der Waals surface area contributed by atoms with Crippen molar-refractivity contribution < 1.29 is 24.9 Å². The van der Waals surface area contributed by atoms with Crippen LogP contribution in [0.25, 0.3) is 0 Å². The zero-order valence-electron chi connectivity index (χ0n) is 20.1. The predicted molar refractivity (Wildman–Crippen MR) is 130 cm³/mol. The minimum atomic E-state index is -0.967. The Bertz CT molecular complexity index is 1090. The molecule has 0 radical (unpaired) electrons. The zero-order valence-corrected chi connectivity index (χ0v) is 20.1. The Morgan fingerprint density at radius 1 is 1.06 bits per heavy atom. The predicted octanol–water partition coefficient (Wildman–Crippen LogP) is 5.64. The van der Waals surface area contributed by atoms with Gasteiger partial charge < -0.3 is 20.1 Å². The van der Waals surface area contributed by atoms with Gasteiger partial charge in [-0.05, 0) is 53.9 Å². The maximum atomic E-state index is 13.5. The van der Waals surface area contributed by atoms with Gasteiger partial charge in [-0.25, -0.2) is 0 Å². The molecule has 0 aromatic heterocycles. The first-order valence-corrected chi connectivity index (χ1v) is 11.4. The van der Waals surface area contributed by atoms with E-state index < -0.39 is 11.7 Å². The molecule has 176 valence electrons. The molecule has 0 bridgehead atoms. The van der Waals surface area contributed by atoms with Crippen molar-refractivity contribution in [2.45, 2.75) is 72.0 Å². The Hall–Kier alpha value is -3.05. The lowest BCUT2D eigenvalue weighted by molar-refractivity contribution is -0.0597. The SMILES string of the molecule is CC(C)=CCCC1(C)Oc2c(c(O)c(CC=C(C)C)c(O)c2C(=O)c2ccccc2)CC1O. The maximum Gasteiger partial charge on any atom is 0.200 e. The molecule has 2 atom stereocenters. The monoisotopic (exact) mass is 450 g/mol. The van der Waals surface area contributed by atoms with Gasteiger partial charge in [-0.1, -0.05) is 53.6 Å². The lowest BCUT2D eigenvalue weighted by atomic mass is 9.82. The minimum absolute atomic E-state index is 0.0338. The van der Waals surface area contributed by atoms with Crippen molar-refractivity contribution in [3.63, 3.8) is 0 Å². The van der Waals surface area contributed by atoms with E-state index in [4.69, 9.17) is 4.74 Å². The van der Waals surface area contributed by atoms with Gasteiger partial charge in [0.1, 0.15) is 28.4 Å². The molecule has 1 aliphatic heterocycles. The van der Waals surface area contributed by atoms with Crippen LogP contribution in [-0.4, -0.2) is 32.8 Å². The van der Waals surface area contributed by atoms with Crippen LogP contribution >= 0.6 is 0 Å². The zero-order chi connectivity index (χ0) is 24.3. The van der Waals surface area contributed by atoms with Crippen molar-refractivity contribution in [2.75, 3.05) is 0 Å². The van der Waals surface area contributed by atoms with Crippen molar-refractivity contribution in [1.82, 2.24) is 0 Å². The number of hydrogen-bond donors (Lipinski definition) is 3. The van der Waals surface area contributed by atoms with E-state index in [1.807, 2.05) is 39.8 Å².